The lowest BCUT2D eigenvalue weighted by Crippen LogP contribution is -2.58. The number of amides is 5. The zero-order chi connectivity index (χ0) is 39.1. The molecule has 290 valence electrons. The Labute approximate surface area is 314 Å². The minimum atomic E-state index is -4.79. The van der Waals surface area contributed by atoms with Crippen LogP contribution in [0.2, 0.25) is 0 Å². The summed E-state index contributed by atoms with van der Waals surface area (Å²) in [7, 11) is -4.79. The highest BCUT2D eigenvalue weighted by atomic mass is 31.2. The number of carbonyl (C=O) groups is 5. The van der Waals surface area contributed by atoms with E-state index >= 15 is 0 Å². The summed E-state index contributed by atoms with van der Waals surface area (Å²) in [5.74, 6) is -2.84. The standard InChI is InChI=1S/C38H49N6O9P/c39-22-8-7-14-30(38(49)44-23-9-15-33(44)37(48)43-31(35(40)46)24-27-12-5-2-6-13-27)42-36(47)32(41-34(45)21-18-26-10-3-1-4-11-26)25-28-16-19-29(20-17-28)53-54(50,51)52/h1-6,10-13,16-17,19-20,30-33H,7-9,14-15,18,21-25,39H2,(H2,40,46)(H,41,45)(H,42,47)(H,43,48)(H2,50,51,52)/t30-,31-,32-,33-/m0/s1. The Hall–Kier alpha value is -5.08. The van der Waals surface area contributed by atoms with Gasteiger partial charge in [0.05, 0.1) is 0 Å². The van der Waals surface area contributed by atoms with E-state index in [0.717, 1.165) is 11.1 Å². The summed E-state index contributed by atoms with van der Waals surface area (Å²) in [6.45, 7) is 0.615. The van der Waals surface area contributed by atoms with E-state index < -0.39 is 61.5 Å². The summed E-state index contributed by atoms with van der Waals surface area (Å²) in [5, 5.41) is 8.34. The minimum Gasteiger partial charge on any atom is -0.404 e. The molecule has 0 aliphatic carbocycles. The summed E-state index contributed by atoms with van der Waals surface area (Å²) >= 11 is 0. The van der Waals surface area contributed by atoms with Crippen molar-refractivity contribution in [1.82, 2.24) is 20.9 Å². The minimum absolute atomic E-state index is 0.0204. The zero-order valence-corrected chi connectivity index (χ0v) is 30.9. The number of hydrogen-bond donors (Lipinski definition) is 7. The number of phosphoric acid groups is 1. The molecular formula is C38H49N6O9P. The number of phosphoric ester groups is 1. The number of rotatable bonds is 20. The molecule has 1 aliphatic rings. The van der Waals surface area contributed by atoms with E-state index in [1.807, 2.05) is 60.7 Å². The zero-order valence-electron chi connectivity index (χ0n) is 30.0. The Bertz CT molecular complexity index is 1760. The second kappa shape index (κ2) is 20.4. The highest BCUT2D eigenvalue weighted by Crippen LogP contribution is 2.37. The van der Waals surface area contributed by atoms with Crippen LogP contribution in [-0.2, 0) is 47.8 Å². The number of carbonyl (C=O) groups excluding carboxylic acids is 5. The third kappa shape index (κ3) is 13.4. The molecule has 4 rings (SSSR count). The molecule has 0 spiro atoms. The highest BCUT2D eigenvalue weighted by Gasteiger charge is 2.39. The van der Waals surface area contributed by atoms with E-state index in [1.54, 1.807) is 0 Å². The molecule has 9 N–H and O–H groups in total. The van der Waals surface area contributed by atoms with Gasteiger partial charge in [-0.3, -0.25) is 33.8 Å². The number of hydrogen-bond acceptors (Lipinski definition) is 8. The fourth-order valence-electron chi connectivity index (χ4n) is 6.30. The van der Waals surface area contributed by atoms with Gasteiger partial charge in [0.2, 0.25) is 29.5 Å². The number of benzene rings is 3. The lowest BCUT2D eigenvalue weighted by molar-refractivity contribution is -0.142. The van der Waals surface area contributed by atoms with Gasteiger partial charge in [-0.2, -0.15) is 0 Å². The SMILES string of the molecule is NCCCC[C@H](NC(=O)[C@H](Cc1ccc(OP(=O)(O)O)cc1)NC(=O)CCc1ccccc1)C(=O)N1CCC[C@H]1C(=O)N[C@@H](Cc1ccccc1)C(N)=O. The number of aryl methyl sites for hydroxylation is 1. The van der Waals surface area contributed by atoms with Gasteiger partial charge in [0.25, 0.3) is 0 Å². The largest absolute Gasteiger partial charge is 0.524 e. The maximum atomic E-state index is 14.2. The van der Waals surface area contributed by atoms with E-state index in [-0.39, 0.29) is 38.0 Å². The third-order valence-electron chi connectivity index (χ3n) is 9.07. The molecule has 54 heavy (non-hydrogen) atoms. The lowest BCUT2D eigenvalue weighted by Gasteiger charge is -2.30. The molecule has 1 fully saturated rings. The topological polar surface area (TPSA) is 243 Å². The van der Waals surface area contributed by atoms with Crippen LogP contribution in [0.25, 0.3) is 0 Å². The van der Waals surface area contributed by atoms with E-state index in [2.05, 4.69) is 20.5 Å². The van der Waals surface area contributed by atoms with Crippen molar-refractivity contribution in [3.8, 4) is 5.75 Å². The van der Waals surface area contributed by atoms with Crippen molar-refractivity contribution >= 4 is 37.4 Å². The van der Waals surface area contributed by atoms with Crippen molar-refractivity contribution in [3.63, 3.8) is 0 Å². The summed E-state index contributed by atoms with van der Waals surface area (Å²) in [6.07, 6.45) is 2.83. The van der Waals surface area contributed by atoms with Crippen molar-refractivity contribution in [3.05, 3.63) is 102 Å². The average Bonchev–Trinajstić information content (AvgIpc) is 3.64. The number of likely N-dealkylation sites (tertiary alicyclic amines) is 1. The van der Waals surface area contributed by atoms with Gasteiger partial charge in [0, 0.05) is 25.8 Å². The van der Waals surface area contributed by atoms with Gasteiger partial charge in [-0.1, -0.05) is 72.8 Å². The Morgan fingerprint density at radius 2 is 1.41 bits per heavy atom. The Balaban J connectivity index is 1.51. The van der Waals surface area contributed by atoms with Crippen molar-refractivity contribution < 1.29 is 42.8 Å². The van der Waals surface area contributed by atoms with Gasteiger partial charge in [0.1, 0.15) is 29.9 Å². The van der Waals surface area contributed by atoms with Gasteiger partial charge in [-0.15, -0.1) is 0 Å². The third-order valence-corrected chi connectivity index (χ3v) is 9.51. The van der Waals surface area contributed by atoms with Crippen LogP contribution < -0.4 is 31.9 Å². The van der Waals surface area contributed by atoms with Crippen molar-refractivity contribution in [1.29, 1.82) is 0 Å². The first kappa shape index (κ1) is 41.7. The molecule has 5 amide bonds. The average molecular weight is 765 g/mol. The van der Waals surface area contributed by atoms with Crippen LogP contribution in [0, 0.1) is 0 Å². The van der Waals surface area contributed by atoms with Crippen LogP contribution in [0.1, 0.15) is 55.2 Å². The molecule has 3 aromatic rings. The lowest BCUT2D eigenvalue weighted by atomic mass is 10.0. The van der Waals surface area contributed by atoms with Crippen LogP contribution in [0.15, 0.2) is 84.9 Å². The number of primary amides is 1. The molecule has 3 aromatic carbocycles. The molecule has 0 saturated carbocycles. The molecule has 15 nitrogen and oxygen atoms in total. The molecule has 0 unspecified atom stereocenters. The molecule has 1 saturated heterocycles. The number of nitrogens with two attached hydrogens (primary N) is 2. The molecular weight excluding hydrogens is 715 g/mol. The molecule has 0 aromatic heterocycles. The second-order valence-corrected chi connectivity index (χ2v) is 14.4. The predicted octanol–water partition coefficient (Wildman–Crippen LogP) is 1.64. The quantitative estimate of drug-likeness (QED) is 0.0648. The Morgan fingerprint density at radius 3 is 2.02 bits per heavy atom. The van der Waals surface area contributed by atoms with E-state index in [9.17, 15) is 28.5 Å². The maximum absolute atomic E-state index is 14.2. The van der Waals surface area contributed by atoms with Gasteiger partial charge in [-0.05, 0) is 73.9 Å². The summed E-state index contributed by atoms with van der Waals surface area (Å²) in [4.78, 5) is 86.9. The van der Waals surface area contributed by atoms with E-state index in [4.69, 9.17) is 21.3 Å². The van der Waals surface area contributed by atoms with Gasteiger partial charge in [0.15, 0.2) is 0 Å². The van der Waals surface area contributed by atoms with Crippen LogP contribution in [0.4, 0.5) is 0 Å². The van der Waals surface area contributed by atoms with Gasteiger partial charge < -0.3 is 36.8 Å². The number of nitrogens with one attached hydrogen (secondary N) is 3. The fourth-order valence-corrected chi connectivity index (χ4v) is 6.70. The van der Waals surface area contributed by atoms with E-state index in [1.165, 1.54) is 29.2 Å². The van der Waals surface area contributed by atoms with Crippen molar-refractivity contribution in [2.24, 2.45) is 11.5 Å². The van der Waals surface area contributed by atoms with Crippen LogP contribution in [0.5, 0.6) is 5.75 Å². The molecule has 1 heterocycles. The van der Waals surface area contributed by atoms with Gasteiger partial charge >= 0.3 is 7.82 Å². The monoisotopic (exact) mass is 764 g/mol. The van der Waals surface area contributed by atoms with Crippen LogP contribution >= 0.6 is 7.82 Å². The first-order valence-electron chi connectivity index (χ1n) is 17.9. The Morgan fingerprint density at radius 1 is 0.796 bits per heavy atom. The molecule has 0 bridgehead atoms. The Kier molecular flexibility index (Phi) is 15.7. The summed E-state index contributed by atoms with van der Waals surface area (Å²) in [5.41, 5.74) is 13.6. The van der Waals surface area contributed by atoms with Gasteiger partial charge in [-0.25, -0.2) is 4.57 Å². The molecule has 0 radical (unpaired) electrons. The second-order valence-electron chi connectivity index (χ2n) is 13.2. The number of nitrogens with zero attached hydrogens (tertiary/aromatic N) is 1. The first-order valence-corrected chi connectivity index (χ1v) is 19.5. The number of unbranched alkanes of at least 4 members (excludes halogenated alkanes) is 1. The van der Waals surface area contributed by atoms with Crippen molar-refractivity contribution in [2.45, 2.75) is 82.0 Å². The predicted molar refractivity (Wildman–Crippen MR) is 200 cm³/mol. The smallest absolute Gasteiger partial charge is 0.404 e. The first-order chi connectivity index (χ1) is 25.8. The summed E-state index contributed by atoms with van der Waals surface area (Å²) < 4.78 is 15.9. The fraction of sp³-hybridized carbons (Fsp3) is 0.395. The van der Waals surface area contributed by atoms with Crippen LogP contribution in [-0.4, -0.2) is 81.5 Å². The molecule has 4 atom stereocenters. The molecule has 16 heteroatoms. The van der Waals surface area contributed by atoms with Crippen LogP contribution in [0.3, 0.4) is 0 Å². The maximum Gasteiger partial charge on any atom is 0.524 e. The van der Waals surface area contributed by atoms with E-state index in [0.29, 0.717) is 44.2 Å². The normalized spacial score (nSPS) is 15.8. The molecule has 1 aliphatic heterocycles. The van der Waals surface area contributed by atoms with Crippen molar-refractivity contribution in [2.75, 3.05) is 13.1 Å². The highest BCUT2D eigenvalue weighted by molar-refractivity contribution is 7.46. The summed E-state index contributed by atoms with van der Waals surface area (Å²) in [6, 6.07) is 20.1.